The zero-order valence-electron chi connectivity index (χ0n) is 15.0. The van der Waals surface area contributed by atoms with Gasteiger partial charge in [0.2, 0.25) is 0 Å². The molecule has 1 amide bonds. The van der Waals surface area contributed by atoms with Gasteiger partial charge in [0.15, 0.2) is 12.1 Å². The van der Waals surface area contributed by atoms with E-state index in [1.165, 1.54) is 6.39 Å². The summed E-state index contributed by atoms with van der Waals surface area (Å²) in [6.45, 7) is 5.17. The van der Waals surface area contributed by atoms with Crippen LogP contribution in [0.25, 0.3) is 0 Å². The quantitative estimate of drug-likeness (QED) is 0.842. The van der Waals surface area contributed by atoms with Gasteiger partial charge in [-0.15, -0.1) is 0 Å². The second-order valence-corrected chi connectivity index (χ2v) is 6.94. The number of carbonyl (C=O) groups is 1. The van der Waals surface area contributed by atoms with E-state index in [-0.39, 0.29) is 18.1 Å². The van der Waals surface area contributed by atoms with Crippen LogP contribution in [0.5, 0.6) is 0 Å². The molecule has 3 heterocycles. The molecule has 0 radical (unpaired) electrons. The van der Waals surface area contributed by atoms with E-state index in [1.54, 1.807) is 0 Å². The van der Waals surface area contributed by atoms with E-state index in [1.807, 2.05) is 13.8 Å². The average molecular weight is 361 g/mol. The van der Waals surface area contributed by atoms with Gasteiger partial charge in [0, 0.05) is 18.1 Å². The Hall–Kier alpha value is -2.19. The first kappa shape index (κ1) is 17.2. The standard InChI is InChI=1S/C18H23N3O5/c1-10-13(11(2)26-21-10)7-24-15-5-6-23-8-14(15)20-18(22)16-17(12-3-4-12)25-9-19-16/h9,12,14-15H,3-8H2,1-2H3,(H,20,22)/t14-,15+/m0/s1. The van der Waals surface area contributed by atoms with Crippen molar-refractivity contribution in [1.29, 1.82) is 0 Å². The molecule has 1 saturated heterocycles. The summed E-state index contributed by atoms with van der Waals surface area (Å²) in [5.74, 6) is 1.54. The van der Waals surface area contributed by atoms with Crippen LogP contribution in [0.2, 0.25) is 0 Å². The fourth-order valence-corrected chi connectivity index (χ4v) is 3.25. The Kier molecular flexibility index (Phi) is 4.78. The Labute approximate surface area is 151 Å². The van der Waals surface area contributed by atoms with E-state index in [0.29, 0.717) is 43.6 Å². The number of aryl methyl sites for hydroxylation is 2. The minimum absolute atomic E-state index is 0.141. The molecule has 1 saturated carbocycles. The molecule has 0 aromatic carbocycles. The lowest BCUT2D eigenvalue weighted by Crippen LogP contribution is -2.50. The second kappa shape index (κ2) is 7.20. The molecule has 2 aromatic rings. The zero-order chi connectivity index (χ0) is 18.1. The molecule has 1 N–H and O–H groups in total. The number of rotatable bonds is 6. The molecule has 2 atom stereocenters. The molecule has 0 unspecified atom stereocenters. The van der Waals surface area contributed by atoms with Gasteiger partial charge in [0.25, 0.3) is 5.91 Å². The van der Waals surface area contributed by atoms with Crippen molar-refractivity contribution >= 4 is 5.91 Å². The van der Waals surface area contributed by atoms with Gasteiger partial charge in [-0.05, 0) is 33.1 Å². The third kappa shape index (κ3) is 3.52. The summed E-state index contributed by atoms with van der Waals surface area (Å²) in [6, 6.07) is -0.236. The topological polar surface area (TPSA) is 99.6 Å². The fraction of sp³-hybridized carbons (Fsp3) is 0.611. The average Bonchev–Trinajstić information content (AvgIpc) is 3.28. The molecule has 140 valence electrons. The van der Waals surface area contributed by atoms with Crippen molar-refractivity contribution in [3.05, 3.63) is 34.9 Å². The first-order chi connectivity index (χ1) is 12.6. The molecule has 8 nitrogen and oxygen atoms in total. The number of ether oxygens (including phenoxy) is 2. The Morgan fingerprint density at radius 2 is 2.19 bits per heavy atom. The molecule has 4 rings (SSSR count). The molecule has 2 aliphatic rings. The predicted octanol–water partition coefficient (Wildman–Crippen LogP) is 2.26. The summed E-state index contributed by atoms with van der Waals surface area (Å²) in [5.41, 5.74) is 2.16. The maximum absolute atomic E-state index is 12.6. The summed E-state index contributed by atoms with van der Waals surface area (Å²) < 4.78 is 22.2. The van der Waals surface area contributed by atoms with Crippen LogP contribution in [0.1, 0.15) is 58.4 Å². The highest BCUT2D eigenvalue weighted by Crippen LogP contribution is 2.41. The molecule has 1 aliphatic carbocycles. The van der Waals surface area contributed by atoms with E-state index in [2.05, 4.69) is 15.5 Å². The number of hydrogen-bond donors (Lipinski definition) is 1. The van der Waals surface area contributed by atoms with Crippen LogP contribution in [-0.4, -0.2) is 41.4 Å². The highest BCUT2D eigenvalue weighted by molar-refractivity contribution is 5.93. The van der Waals surface area contributed by atoms with Crippen molar-refractivity contribution in [1.82, 2.24) is 15.5 Å². The normalized spacial score (nSPS) is 23.2. The Bertz CT molecular complexity index is 760. The van der Waals surface area contributed by atoms with E-state index in [4.69, 9.17) is 18.4 Å². The maximum Gasteiger partial charge on any atom is 0.273 e. The van der Waals surface area contributed by atoms with Crippen molar-refractivity contribution in [3.8, 4) is 0 Å². The van der Waals surface area contributed by atoms with Crippen molar-refractivity contribution in [2.75, 3.05) is 13.2 Å². The minimum Gasteiger partial charge on any atom is -0.447 e. The molecule has 8 heteroatoms. The van der Waals surface area contributed by atoms with E-state index < -0.39 is 0 Å². The lowest BCUT2D eigenvalue weighted by atomic mass is 10.1. The lowest BCUT2D eigenvalue weighted by molar-refractivity contribution is -0.0608. The minimum atomic E-state index is -0.236. The van der Waals surface area contributed by atoms with Gasteiger partial charge >= 0.3 is 0 Å². The number of carbonyl (C=O) groups excluding carboxylic acids is 1. The summed E-state index contributed by atoms with van der Waals surface area (Å²) in [7, 11) is 0. The summed E-state index contributed by atoms with van der Waals surface area (Å²) in [5, 5.41) is 6.95. The first-order valence-corrected chi connectivity index (χ1v) is 8.99. The number of nitrogens with zero attached hydrogens (tertiary/aromatic N) is 2. The molecule has 2 aromatic heterocycles. The van der Waals surface area contributed by atoms with Crippen molar-refractivity contribution in [2.45, 2.75) is 57.8 Å². The van der Waals surface area contributed by atoms with Gasteiger partial charge in [0.1, 0.15) is 11.5 Å². The largest absolute Gasteiger partial charge is 0.447 e. The molecule has 2 fully saturated rings. The van der Waals surface area contributed by atoms with Crippen molar-refractivity contribution in [3.63, 3.8) is 0 Å². The van der Waals surface area contributed by atoms with Crippen molar-refractivity contribution < 1.29 is 23.2 Å². The summed E-state index contributed by atoms with van der Waals surface area (Å²) in [6.07, 6.45) is 4.00. The Morgan fingerprint density at radius 3 is 2.92 bits per heavy atom. The van der Waals surface area contributed by atoms with Gasteiger partial charge in [-0.2, -0.15) is 0 Å². The van der Waals surface area contributed by atoms with Crippen LogP contribution in [-0.2, 0) is 16.1 Å². The zero-order valence-corrected chi connectivity index (χ0v) is 15.0. The van der Waals surface area contributed by atoms with Crippen molar-refractivity contribution in [2.24, 2.45) is 0 Å². The third-order valence-corrected chi connectivity index (χ3v) is 4.99. The predicted molar refractivity (Wildman–Crippen MR) is 89.7 cm³/mol. The molecular weight excluding hydrogens is 338 g/mol. The lowest BCUT2D eigenvalue weighted by Gasteiger charge is -2.32. The Morgan fingerprint density at radius 1 is 1.35 bits per heavy atom. The van der Waals surface area contributed by atoms with Gasteiger partial charge in [0.05, 0.1) is 31.1 Å². The highest BCUT2D eigenvalue weighted by Gasteiger charge is 2.35. The number of amides is 1. The van der Waals surface area contributed by atoms with Crippen LogP contribution in [0, 0.1) is 13.8 Å². The van der Waals surface area contributed by atoms with E-state index in [9.17, 15) is 4.79 Å². The van der Waals surface area contributed by atoms with Crippen LogP contribution in [0.15, 0.2) is 15.3 Å². The summed E-state index contributed by atoms with van der Waals surface area (Å²) in [4.78, 5) is 16.7. The highest BCUT2D eigenvalue weighted by atomic mass is 16.5. The van der Waals surface area contributed by atoms with Gasteiger partial charge in [-0.1, -0.05) is 5.16 Å². The third-order valence-electron chi connectivity index (χ3n) is 4.99. The molecule has 26 heavy (non-hydrogen) atoms. The first-order valence-electron chi connectivity index (χ1n) is 8.99. The van der Waals surface area contributed by atoms with Crippen LogP contribution >= 0.6 is 0 Å². The van der Waals surface area contributed by atoms with Gasteiger partial charge < -0.3 is 23.7 Å². The smallest absolute Gasteiger partial charge is 0.273 e. The number of oxazole rings is 1. The monoisotopic (exact) mass is 361 g/mol. The number of nitrogens with one attached hydrogen (secondary N) is 1. The van der Waals surface area contributed by atoms with E-state index >= 15 is 0 Å². The molecule has 1 aliphatic heterocycles. The van der Waals surface area contributed by atoms with Gasteiger partial charge in [-0.25, -0.2) is 4.98 Å². The van der Waals surface area contributed by atoms with E-state index in [0.717, 1.165) is 29.9 Å². The van der Waals surface area contributed by atoms with Crippen LogP contribution in [0.4, 0.5) is 0 Å². The molecular formula is C18H23N3O5. The second-order valence-electron chi connectivity index (χ2n) is 6.94. The number of hydrogen-bond acceptors (Lipinski definition) is 7. The van der Waals surface area contributed by atoms with Crippen LogP contribution in [0.3, 0.4) is 0 Å². The molecule has 0 bridgehead atoms. The van der Waals surface area contributed by atoms with Crippen LogP contribution < -0.4 is 5.32 Å². The maximum atomic E-state index is 12.6. The Balaban J connectivity index is 1.40. The SMILES string of the molecule is Cc1noc(C)c1CO[C@@H]1CCOC[C@@H]1NC(=O)c1ncoc1C1CC1. The fourth-order valence-electron chi connectivity index (χ4n) is 3.25. The summed E-state index contributed by atoms with van der Waals surface area (Å²) >= 11 is 0. The molecule has 0 spiro atoms. The van der Waals surface area contributed by atoms with Gasteiger partial charge in [-0.3, -0.25) is 4.79 Å². The number of aromatic nitrogens is 2.